The summed E-state index contributed by atoms with van der Waals surface area (Å²) in [5.41, 5.74) is 10.6. The first-order valence-corrected chi connectivity index (χ1v) is 6.62. The van der Waals surface area contributed by atoms with Crippen LogP contribution >= 0.6 is 0 Å². The Bertz CT molecular complexity index is 518. The number of amides is 1. The molecule has 0 aromatic carbocycles. The lowest BCUT2D eigenvalue weighted by Gasteiger charge is -2.38. The van der Waals surface area contributed by atoms with Crippen LogP contribution in [-0.2, 0) is 14.3 Å². The summed E-state index contributed by atoms with van der Waals surface area (Å²) in [6, 6.07) is -2.11. The summed E-state index contributed by atoms with van der Waals surface area (Å²) < 4.78 is 5.13. The van der Waals surface area contributed by atoms with E-state index in [2.05, 4.69) is 10.3 Å². The summed E-state index contributed by atoms with van der Waals surface area (Å²) in [6.45, 7) is 0.391. The van der Waals surface area contributed by atoms with Crippen LogP contribution in [0.3, 0.4) is 0 Å². The molecule has 9 N–H and O–H groups in total. The average Bonchev–Trinajstić information content (AvgIpc) is 2.45. The number of aliphatic hydroxyl groups excluding tert-OH is 3. The van der Waals surface area contributed by atoms with E-state index < -0.39 is 54.6 Å². The highest BCUT2D eigenvalue weighted by Gasteiger charge is 2.43. The van der Waals surface area contributed by atoms with Crippen LogP contribution in [0.1, 0.15) is 6.92 Å². The fourth-order valence-electron chi connectivity index (χ4n) is 2.14. The van der Waals surface area contributed by atoms with E-state index in [1.807, 2.05) is 0 Å². The SMILES string of the molecule is CC(=O)N[C@@H]1[C@H]([C@H](O)[C@H](O)CO)OC(C(=O)O)=C[C@@H]1N=C(N)N. The molecule has 0 saturated heterocycles. The minimum atomic E-state index is -1.70. The molecule has 0 radical (unpaired) electrons. The van der Waals surface area contributed by atoms with E-state index in [0.717, 1.165) is 6.08 Å². The lowest BCUT2D eigenvalue weighted by molar-refractivity contribution is -0.145. The number of aliphatic hydroxyl groups is 3. The zero-order chi connectivity index (χ0) is 17.7. The molecule has 1 aliphatic heterocycles. The number of carbonyl (C=O) groups is 2. The molecule has 0 aromatic heterocycles. The highest BCUT2D eigenvalue weighted by Crippen LogP contribution is 2.24. The Balaban J connectivity index is 3.28. The first kappa shape index (κ1) is 18.7. The molecule has 1 heterocycles. The van der Waals surface area contributed by atoms with Gasteiger partial charge in [-0.15, -0.1) is 0 Å². The van der Waals surface area contributed by atoms with Gasteiger partial charge in [0, 0.05) is 6.92 Å². The smallest absolute Gasteiger partial charge is 0.370 e. The van der Waals surface area contributed by atoms with Crippen molar-refractivity contribution >= 4 is 17.8 Å². The van der Waals surface area contributed by atoms with Gasteiger partial charge in [-0.3, -0.25) is 4.79 Å². The fraction of sp³-hybridized carbons (Fsp3) is 0.583. The molecular formula is C12H20N4O7. The molecule has 0 bridgehead atoms. The van der Waals surface area contributed by atoms with Gasteiger partial charge < -0.3 is 41.9 Å². The van der Waals surface area contributed by atoms with Gasteiger partial charge in [0.25, 0.3) is 0 Å². The van der Waals surface area contributed by atoms with Crippen LogP contribution in [0.25, 0.3) is 0 Å². The molecule has 1 aliphatic rings. The maximum Gasteiger partial charge on any atom is 0.370 e. The van der Waals surface area contributed by atoms with Crippen molar-refractivity contribution in [2.75, 3.05) is 6.61 Å². The first-order chi connectivity index (χ1) is 10.7. The number of carbonyl (C=O) groups excluding carboxylic acids is 1. The Labute approximate surface area is 131 Å². The minimum Gasteiger partial charge on any atom is -0.478 e. The third-order valence-corrected chi connectivity index (χ3v) is 3.10. The number of nitrogens with two attached hydrogens (primary N) is 2. The minimum absolute atomic E-state index is 0.371. The Morgan fingerprint density at radius 3 is 2.48 bits per heavy atom. The Kier molecular flexibility index (Phi) is 6.30. The van der Waals surface area contributed by atoms with Crippen LogP contribution in [0.15, 0.2) is 16.8 Å². The van der Waals surface area contributed by atoms with Gasteiger partial charge in [-0.1, -0.05) is 0 Å². The largest absolute Gasteiger partial charge is 0.478 e. The van der Waals surface area contributed by atoms with Crippen molar-refractivity contribution in [3.05, 3.63) is 11.8 Å². The van der Waals surface area contributed by atoms with Crippen molar-refractivity contribution < 1.29 is 34.8 Å². The van der Waals surface area contributed by atoms with E-state index in [1.165, 1.54) is 6.92 Å². The maximum atomic E-state index is 11.4. The molecule has 130 valence electrons. The van der Waals surface area contributed by atoms with Crippen molar-refractivity contribution in [3.63, 3.8) is 0 Å². The normalized spacial score (nSPS) is 26.3. The number of nitrogens with one attached hydrogen (secondary N) is 1. The molecule has 0 fully saturated rings. The highest BCUT2D eigenvalue weighted by atomic mass is 16.5. The van der Waals surface area contributed by atoms with Crippen LogP contribution in [0.2, 0.25) is 0 Å². The van der Waals surface area contributed by atoms with Crippen molar-refractivity contribution in [2.24, 2.45) is 16.5 Å². The van der Waals surface area contributed by atoms with Crippen molar-refractivity contribution in [3.8, 4) is 0 Å². The van der Waals surface area contributed by atoms with Crippen molar-refractivity contribution in [2.45, 2.75) is 37.3 Å². The number of ether oxygens (including phenoxy) is 1. The Morgan fingerprint density at radius 1 is 1.43 bits per heavy atom. The number of hydrogen-bond acceptors (Lipinski definition) is 7. The quantitative estimate of drug-likeness (QED) is 0.188. The van der Waals surface area contributed by atoms with Gasteiger partial charge in [0.15, 0.2) is 5.96 Å². The van der Waals surface area contributed by atoms with Crippen molar-refractivity contribution in [1.29, 1.82) is 0 Å². The molecule has 11 nitrogen and oxygen atoms in total. The number of aliphatic imine (C=N–C) groups is 1. The molecule has 0 spiro atoms. The second-order valence-corrected chi connectivity index (χ2v) is 4.93. The summed E-state index contributed by atoms with van der Waals surface area (Å²) in [4.78, 5) is 26.3. The van der Waals surface area contributed by atoms with Gasteiger partial charge in [-0.2, -0.15) is 0 Å². The van der Waals surface area contributed by atoms with Gasteiger partial charge in [0.05, 0.1) is 18.7 Å². The number of carboxylic acid groups (broad SMARTS) is 1. The van der Waals surface area contributed by atoms with Crippen LogP contribution in [0, 0.1) is 0 Å². The molecule has 1 rings (SSSR count). The van der Waals surface area contributed by atoms with Crippen molar-refractivity contribution in [1.82, 2.24) is 5.32 Å². The number of carboxylic acids is 1. The molecule has 0 unspecified atom stereocenters. The van der Waals surface area contributed by atoms with Crippen LogP contribution in [0.5, 0.6) is 0 Å². The molecule has 5 atom stereocenters. The summed E-state index contributed by atoms with van der Waals surface area (Å²) in [6.07, 6.45) is -3.65. The highest BCUT2D eigenvalue weighted by molar-refractivity contribution is 5.85. The maximum absolute atomic E-state index is 11.4. The third kappa shape index (κ3) is 4.81. The standard InChI is InChI=1S/C12H20N4O7/c1-4(18)15-8-5(16-12(13)14)2-7(11(21)22)23-10(8)9(20)6(19)3-17/h2,5-6,8-10,17,19-20H,3H2,1H3,(H,15,18)(H,21,22)(H4,13,14,16)/t5-,6+,8-,9+,10+/m0/s1. The lowest BCUT2D eigenvalue weighted by Crippen LogP contribution is -2.59. The fourth-order valence-corrected chi connectivity index (χ4v) is 2.14. The number of rotatable bonds is 6. The Hall–Kier alpha value is -2.37. The van der Waals surface area contributed by atoms with E-state index in [9.17, 15) is 19.8 Å². The first-order valence-electron chi connectivity index (χ1n) is 6.62. The predicted molar refractivity (Wildman–Crippen MR) is 76.9 cm³/mol. The number of nitrogens with zero attached hydrogens (tertiary/aromatic N) is 1. The lowest BCUT2D eigenvalue weighted by atomic mass is 9.92. The molecule has 0 aromatic rings. The predicted octanol–water partition coefficient (Wildman–Crippen LogP) is -3.79. The monoisotopic (exact) mass is 332 g/mol. The van der Waals surface area contributed by atoms with E-state index in [1.54, 1.807) is 0 Å². The van der Waals surface area contributed by atoms with E-state index >= 15 is 0 Å². The van der Waals surface area contributed by atoms with Gasteiger partial charge in [-0.25, -0.2) is 9.79 Å². The van der Waals surface area contributed by atoms with Crippen LogP contribution < -0.4 is 16.8 Å². The molecule has 0 aliphatic carbocycles. The number of hydrogen-bond donors (Lipinski definition) is 7. The van der Waals surface area contributed by atoms with E-state index in [4.69, 9.17) is 26.4 Å². The molecule has 0 saturated carbocycles. The van der Waals surface area contributed by atoms with Crippen LogP contribution in [0.4, 0.5) is 0 Å². The average molecular weight is 332 g/mol. The summed E-state index contributed by atoms with van der Waals surface area (Å²) in [7, 11) is 0. The number of guanidine groups is 1. The second kappa shape index (κ2) is 7.76. The number of aliphatic carboxylic acids is 1. The third-order valence-electron chi connectivity index (χ3n) is 3.10. The second-order valence-electron chi connectivity index (χ2n) is 4.93. The zero-order valence-corrected chi connectivity index (χ0v) is 12.3. The van der Waals surface area contributed by atoms with Gasteiger partial charge in [0.2, 0.25) is 11.7 Å². The topological polar surface area (TPSA) is 201 Å². The summed E-state index contributed by atoms with van der Waals surface area (Å²) in [5.74, 6) is -2.89. The van der Waals surface area contributed by atoms with Gasteiger partial charge >= 0.3 is 5.97 Å². The molecule has 23 heavy (non-hydrogen) atoms. The molecule has 1 amide bonds. The molecule has 11 heteroatoms. The molecular weight excluding hydrogens is 312 g/mol. The van der Waals surface area contributed by atoms with Gasteiger partial charge in [-0.05, 0) is 6.08 Å². The summed E-state index contributed by atoms with van der Waals surface area (Å²) >= 11 is 0. The van der Waals surface area contributed by atoms with Crippen LogP contribution in [-0.4, -0.2) is 75.3 Å². The van der Waals surface area contributed by atoms with Gasteiger partial charge in [0.1, 0.15) is 18.3 Å². The van der Waals surface area contributed by atoms with E-state index in [-0.39, 0.29) is 5.96 Å². The zero-order valence-electron chi connectivity index (χ0n) is 12.3. The van der Waals surface area contributed by atoms with E-state index in [0.29, 0.717) is 0 Å². The summed E-state index contributed by atoms with van der Waals surface area (Å²) in [5, 5.41) is 40.1. The Morgan fingerprint density at radius 2 is 2.04 bits per heavy atom.